The molecule has 0 bridgehead atoms. The molecule has 1 heterocycles. The van der Waals surface area contributed by atoms with Gasteiger partial charge in [-0.2, -0.15) is 13.2 Å². The summed E-state index contributed by atoms with van der Waals surface area (Å²) in [6, 6.07) is 9.37. The third-order valence-electron chi connectivity index (χ3n) is 4.98. The highest BCUT2D eigenvalue weighted by molar-refractivity contribution is 5.97. The third kappa shape index (κ3) is 4.44. The van der Waals surface area contributed by atoms with Gasteiger partial charge < -0.3 is 10.6 Å². The minimum absolute atomic E-state index is 0.117. The van der Waals surface area contributed by atoms with E-state index in [9.17, 15) is 22.4 Å². The average molecular weight is 406 g/mol. The van der Waals surface area contributed by atoms with Gasteiger partial charge in [0.15, 0.2) is 0 Å². The molecule has 1 unspecified atom stereocenters. The Labute approximate surface area is 166 Å². The summed E-state index contributed by atoms with van der Waals surface area (Å²) in [7, 11) is 0. The molecule has 154 valence electrons. The molecule has 3 rings (SSSR count). The van der Waals surface area contributed by atoms with Crippen LogP contribution in [0.5, 0.6) is 0 Å². The highest BCUT2D eigenvalue weighted by atomic mass is 19.4. The van der Waals surface area contributed by atoms with Crippen molar-refractivity contribution in [3.63, 3.8) is 0 Å². The van der Waals surface area contributed by atoms with Gasteiger partial charge in [-0.15, -0.1) is 0 Å². The summed E-state index contributed by atoms with van der Waals surface area (Å²) in [5.41, 5.74) is 0.271. The SMILES string of the molecule is CCCC1(C(=O)NCc2cccc(F)c2)C=C(C)c2ccc(C(F)(F)F)cc2N1. The molecule has 0 saturated heterocycles. The molecule has 3 nitrogen and oxygen atoms in total. The Morgan fingerprint density at radius 2 is 1.93 bits per heavy atom. The number of fused-ring (bicyclic) bond motifs is 1. The van der Waals surface area contributed by atoms with Crippen LogP contribution in [-0.2, 0) is 17.5 Å². The van der Waals surface area contributed by atoms with Gasteiger partial charge in [-0.1, -0.05) is 31.5 Å². The molecule has 0 aromatic heterocycles. The zero-order valence-corrected chi connectivity index (χ0v) is 16.2. The van der Waals surface area contributed by atoms with E-state index in [0.717, 1.165) is 17.7 Å². The van der Waals surface area contributed by atoms with Crippen LogP contribution in [0, 0.1) is 5.82 Å². The Hall–Kier alpha value is -2.83. The Bertz CT molecular complexity index is 952. The quantitative estimate of drug-likeness (QED) is 0.641. The largest absolute Gasteiger partial charge is 0.416 e. The first-order valence-electron chi connectivity index (χ1n) is 9.36. The number of carbonyl (C=O) groups excluding carboxylic acids is 1. The number of nitrogens with one attached hydrogen (secondary N) is 2. The minimum atomic E-state index is -4.47. The van der Waals surface area contributed by atoms with Gasteiger partial charge in [0.05, 0.1) is 5.56 Å². The minimum Gasteiger partial charge on any atom is -0.368 e. The van der Waals surface area contributed by atoms with Crippen LogP contribution in [0.25, 0.3) is 5.57 Å². The van der Waals surface area contributed by atoms with Gasteiger partial charge in [0.2, 0.25) is 5.91 Å². The van der Waals surface area contributed by atoms with Crippen LogP contribution >= 0.6 is 0 Å². The molecule has 1 aliphatic rings. The lowest BCUT2D eigenvalue weighted by Crippen LogP contribution is -2.52. The number of carbonyl (C=O) groups is 1. The zero-order chi connectivity index (χ0) is 21.2. The normalized spacial score (nSPS) is 18.5. The fourth-order valence-corrected chi connectivity index (χ4v) is 3.64. The third-order valence-corrected chi connectivity index (χ3v) is 4.98. The standard InChI is InChI=1S/C22H22F4N2O/c1-3-9-21(20(29)27-13-15-5-4-6-17(23)10-15)12-14(2)18-8-7-16(22(24,25)26)11-19(18)28-21/h4-8,10-12,28H,3,9,13H2,1-2H3,(H,27,29). The van der Waals surface area contributed by atoms with Crippen molar-refractivity contribution >= 4 is 17.2 Å². The van der Waals surface area contributed by atoms with Crippen molar-refractivity contribution in [1.82, 2.24) is 5.32 Å². The number of hydrogen-bond donors (Lipinski definition) is 2. The molecule has 29 heavy (non-hydrogen) atoms. The molecule has 7 heteroatoms. The summed E-state index contributed by atoms with van der Waals surface area (Å²) < 4.78 is 52.8. The maximum atomic E-state index is 13.4. The highest BCUT2D eigenvalue weighted by Crippen LogP contribution is 2.40. The second-order valence-electron chi connectivity index (χ2n) is 7.24. The number of hydrogen-bond acceptors (Lipinski definition) is 2. The average Bonchev–Trinajstić information content (AvgIpc) is 2.65. The summed E-state index contributed by atoms with van der Waals surface area (Å²) in [6.07, 6.45) is -1.68. The smallest absolute Gasteiger partial charge is 0.368 e. The summed E-state index contributed by atoms with van der Waals surface area (Å²) >= 11 is 0. The van der Waals surface area contributed by atoms with Crippen LogP contribution in [-0.4, -0.2) is 11.4 Å². The lowest BCUT2D eigenvalue weighted by molar-refractivity contribution is -0.137. The lowest BCUT2D eigenvalue weighted by atomic mass is 9.84. The Morgan fingerprint density at radius 3 is 2.59 bits per heavy atom. The van der Waals surface area contributed by atoms with E-state index in [-0.39, 0.29) is 18.1 Å². The number of alkyl halides is 3. The first-order chi connectivity index (χ1) is 13.6. The van der Waals surface area contributed by atoms with Crippen molar-refractivity contribution in [1.29, 1.82) is 0 Å². The molecular weight excluding hydrogens is 384 g/mol. The number of benzene rings is 2. The van der Waals surface area contributed by atoms with Crippen molar-refractivity contribution in [2.75, 3.05) is 5.32 Å². The topological polar surface area (TPSA) is 41.1 Å². The van der Waals surface area contributed by atoms with E-state index in [2.05, 4.69) is 10.6 Å². The summed E-state index contributed by atoms with van der Waals surface area (Å²) in [5, 5.41) is 5.82. The fourth-order valence-electron chi connectivity index (χ4n) is 3.64. The van der Waals surface area contributed by atoms with E-state index in [4.69, 9.17) is 0 Å². The number of allylic oxidation sites excluding steroid dienone is 1. The van der Waals surface area contributed by atoms with Crippen molar-refractivity contribution in [3.05, 3.63) is 71.0 Å². The molecule has 0 radical (unpaired) electrons. The van der Waals surface area contributed by atoms with Crippen LogP contribution < -0.4 is 10.6 Å². The van der Waals surface area contributed by atoms with Crippen LogP contribution in [0.4, 0.5) is 23.2 Å². The zero-order valence-electron chi connectivity index (χ0n) is 16.2. The van der Waals surface area contributed by atoms with Gasteiger partial charge in [-0.25, -0.2) is 4.39 Å². The fraction of sp³-hybridized carbons (Fsp3) is 0.318. The summed E-state index contributed by atoms with van der Waals surface area (Å²) in [4.78, 5) is 13.1. The number of anilines is 1. The number of amides is 1. The van der Waals surface area contributed by atoms with Crippen LogP contribution in [0.15, 0.2) is 48.5 Å². The highest BCUT2D eigenvalue weighted by Gasteiger charge is 2.40. The van der Waals surface area contributed by atoms with E-state index in [0.29, 0.717) is 24.0 Å². The molecule has 2 aromatic carbocycles. The molecule has 0 spiro atoms. The van der Waals surface area contributed by atoms with Crippen LogP contribution in [0.2, 0.25) is 0 Å². The first-order valence-corrected chi connectivity index (χ1v) is 9.36. The van der Waals surface area contributed by atoms with Gasteiger partial charge in [0, 0.05) is 17.8 Å². The summed E-state index contributed by atoms with van der Waals surface area (Å²) in [5.74, 6) is -0.772. The predicted molar refractivity (Wildman–Crippen MR) is 105 cm³/mol. The van der Waals surface area contributed by atoms with Gasteiger partial charge in [-0.3, -0.25) is 4.79 Å². The predicted octanol–water partition coefficient (Wildman–Crippen LogP) is 5.53. The first kappa shape index (κ1) is 20.9. The van der Waals surface area contributed by atoms with Crippen molar-refractivity contribution in [2.24, 2.45) is 0 Å². The van der Waals surface area contributed by atoms with Crippen molar-refractivity contribution < 1.29 is 22.4 Å². The molecule has 0 saturated carbocycles. The van der Waals surface area contributed by atoms with Crippen molar-refractivity contribution in [3.8, 4) is 0 Å². The monoisotopic (exact) mass is 406 g/mol. The molecule has 1 aliphatic heterocycles. The maximum absolute atomic E-state index is 13.4. The van der Waals surface area contributed by atoms with Gasteiger partial charge in [0.25, 0.3) is 0 Å². The van der Waals surface area contributed by atoms with Crippen LogP contribution in [0.3, 0.4) is 0 Å². The molecule has 0 fully saturated rings. The Morgan fingerprint density at radius 1 is 1.17 bits per heavy atom. The van der Waals surface area contributed by atoms with E-state index < -0.39 is 23.1 Å². The van der Waals surface area contributed by atoms with E-state index >= 15 is 0 Å². The van der Waals surface area contributed by atoms with Crippen molar-refractivity contribution in [2.45, 2.75) is 44.9 Å². The van der Waals surface area contributed by atoms with Gasteiger partial charge >= 0.3 is 6.18 Å². The van der Waals surface area contributed by atoms with E-state index in [1.54, 1.807) is 25.1 Å². The Balaban J connectivity index is 1.90. The van der Waals surface area contributed by atoms with Gasteiger partial charge in [0.1, 0.15) is 11.4 Å². The van der Waals surface area contributed by atoms with Gasteiger partial charge in [-0.05, 0) is 54.8 Å². The molecule has 1 atom stereocenters. The maximum Gasteiger partial charge on any atom is 0.416 e. The Kier molecular flexibility index (Phi) is 5.68. The number of rotatable bonds is 5. The van der Waals surface area contributed by atoms with E-state index in [1.165, 1.54) is 18.2 Å². The molecule has 2 aromatic rings. The molecule has 0 aliphatic carbocycles. The molecular formula is C22H22F4N2O. The van der Waals surface area contributed by atoms with E-state index in [1.807, 2.05) is 6.92 Å². The van der Waals surface area contributed by atoms with Crippen LogP contribution in [0.1, 0.15) is 43.4 Å². The number of halogens is 4. The molecule has 1 amide bonds. The molecule has 2 N–H and O–H groups in total. The second-order valence-corrected chi connectivity index (χ2v) is 7.24. The second kappa shape index (κ2) is 7.89. The lowest BCUT2D eigenvalue weighted by Gasteiger charge is -2.36. The summed E-state index contributed by atoms with van der Waals surface area (Å²) in [6.45, 7) is 3.79.